The maximum atomic E-state index is 12.3. The van der Waals surface area contributed by atoms with Gasteiger partial charge in [-0.2, -0.15) is 0 Å². The van der Waals surface area contributed by atoms with Gasteiger partial charge in [-0.3, -0.25) is 9.59 Å². The molecule has 1 aromatic heterocycles. The number of hydrogen-bond acceptors (Lipinski definition) is 3. The Kier molecular flexibility index (Phi) is 5.49. The molecule has 3 aromatic rings. The molecule has 0 atom stereocenters. The SMILES string of the molecule is CC(=O)Nc1cccc(C(=O)C=Cc2ccc(-c3ccc(Br)cc3)o2)c1. The average molecular weight is 410 g/mol. The van der Waals surface area contributed by atoms with E-state index in [0.29, 0.717) is 17.0 Å². The molecule has 0 aliphatic rings. The zero-order chi connectivity index (χ0) is 18.5. The van der Waals surface area contributed by atoms with Crippen LogP contribution in [0.1, 0.15) is 23.0 Å². The van der Waals surface area contributed by atoms with Gasteiger partial charge in [-0.25, -0.2) is 0 Å². The van der Waals surface area contributed by atoms with Gasteiger partial charge in [0.2, 0.25) is 5.91 Å². The maximum Gasteiger partial charge on any atom is 0.221 e. The molecule has 0 unspecified atom stereocenters. The van der Waals surface area contributed by atoms with E-state index >= 15 is 0 Å². The third-order valence-corrected chi connectivity index (χ3v) is 4.15. The number of carbonyl (C=O) groups is 2. The first-order valence-electron chi connectivity index (χ1n) is 7.97. The number of carbonyl (C=O) groups excluding carboxylic acids is 2. The summed E-state index contributed by atoms with van der Waals surface area (Å²) in [6.07, 6.45) is 3.09. The summed E-state index contributed by atoms with van der Waals surface area (Å²) >= 11 is 3.40. The van der Waals surface area contributed by atoms with Crippen LogP contribution in [-0.4, -0.2) is 11.7 Å². The van der Waals surface area contributed by atoms with Gasteiger partial charge < -0.3 is 9.73 Å². The fraction of sp³-hybridized carbons (Fsp3) is 0.0476. The zero-order valence-electron chi connectivity index (χ0n) is 14.0. The highest BCUT2D eigenvalue weighted by Crippen LogP contribution is 2.24. The van der Waals surface area contributed by atoms with E-state index < -0.39 is 0 Å². The Hall–Kier alpha value is -2.92. The third-order valence-electron chi connectivity index (χ3n) is 3.62. The highest BCUT2D eigenvalue weighted by Gasteiger charge is 2.06. The molecule has 0 aliphatic heterocycles. The van der Waals surface area contributed by atoms with Crippen molar-refractivity contribution in [2.75, 3.05) is 5.32 Å². The van der Waals surface area contributed by atoms with Gasteiger partial charge >= 0.3 is 0 Å². The Bertz CT molecular complexity index is 971. The second kappa shape index (κ2) is 7.97. The number of anilines is 1. The summed E-state index contributed by atoms with van der Waals surface area (Å²) in [5, 5.41) is 2.66. The van der Waals surface area contributed by atoms with Crippen LogP contribution < -0.4 is 5.32 Å². The van der Waals surface area contributed by atoms with Crippen LogP contribution in [-0.2, 0) is 4.79 Å². The molecule has 0 fully saturated rings. The Morgan fingerprint density at radius 2 is 1.81 bits per heavy atom. The lowest BCUT2D eigenvalue weighted by Crippen LogP contribution is -2.06. The van der Waals surface area contributed by atoms with Gasteiger partial charge in [0.15, 0.2) is 5.78 Å². The van der Waals surface area contributed by atoms with Crippen LogP contribution in [0.15, 0.2) is 75.6 Å². The van der Waals surface area contributed by atoms with Crippen molar-refractivity contribution < 1.29 is 14.0 Å². The Morgan fingerprint density at radius 3 is 2.54 bits per heavy atom. The summed E-state index contributed by atoms with van der Waals surface area (Å²) in [5.41, 5.74) is 2.04. The Balaban J connectivity index is 1.73. The molecule has 0 radical (unpaired) electrons. The smallest absolute Gasteiger partial charge is 0.221 e. The number of hydrogen-bond donors (Lipinski definition) is 1. The van der Waals surface area contributed by atoms with Crippen LogP contribution >= 0.6 is 15.9 Å². The molecule has 0 bridgehead atoms. The molecule has 1 heterocycles. The number of nitrogens with one attached hydrogen (secondary N) is 1. The predicted molar refractivity (Wildman–Crippen MR) is 106 cm³/mol. The molecule has 0 saturated heterocycles. The van der Waals surface area contributed by atoms with Crippen molar-refractivity contribution in [1.29, 1.82) is 0 Å². The van der Waals surface area contributed by atoms with E-state index in [9.17, 15) is 9.59 Å². The van der Waals surface area contributed by atoms with Crippen molar-refractivity contribution in [1.82, 2.24) is 0 Å². The fourth-order valence-corrected chi connectivity index (χ4v) is 2.68. The second-order valence-corrected chi connectivity index (χ2v) is 6.58. The van der Waals surface area contributed by atoms with Crippen molar-refractivity contribution in [3.8, 4) is 11.3 Å². The average Bonchev–Trinajstić information content (AvgIpc) is 3.09. The summed E-state index contributed by atoms with van der Waals surface area (Å²) in [7, 11) is 0. The quantitative estimate of drug-likeness (QED) is 0.442. The molecule has 130 valence electrons. The monoisotopic (exact) mass is 409 g/mol. The van der Waals surface area contributed by atoms with E-state index in [0.717, 1.165) is 15.8 Å². The van der Waals surface area contributed by atoms with Crippen molar-refractivity contribution in [2.24, 2.45) is 0 Å². The lowest BCUT2D eigenvalue weighted by molar-refractivity contribution is -0.114. The van der Waals surface area contributed by atoms with Crippen LogP contribution in [0.5, 0.6) is 0 Å². The minimum absolute atomic E-state index is 0.168. The van der Waals surface area contributed by atoms with Crippen LogP contribution in [0.2, 0.25) is 0 Å². The first-order chi connectivity index (χ1) is 12.5. The van der Waals surface area contributed by atoms with Crippen molar-refractivity contribution >= 4 is 39.4 Å². The lowest BCUT2D eigenvalue weighted by atomic mass is 10.1. The van der Waals surface area contributed by atoms with E-state index in [1.807, 2.05) is 36.4 Å². The molecule has 4 nitrogen and oxygen atoms in total. The number of amides is 1. The van der Waals surface area contributed by atoms with Crippen LogP contribution in [0.4, 0.5) is 5.69 Å². The van der Waals surface area contributed by atoms with E-state index in [-0.39, 0.29) is 11.7 Å². The first kappa shape index (κ1) is 17.9. The topological polar surface area (TPSA) is 59.3 Å². The molecule has 5 heteroatoms. The van der Waals surface area contributed by atoms with Crippen LogP contribution in [0, 0.1) is 0 Å². The molecule has 1 N–H and O–H groups in total. The lowest BCUT2D eigenvalue weighted by Gasteiger charge is -2.03. The minimum Gasteiger partial charge on any atom is -0.457 e. The summed E-state index contributed by atoms with van der Waals surface area (Å²) in [4.78, 5) is 23.4. The Labute approximate surface area is 159 Å². The molecule has 0 spiro atoms. The molecule has 26 heavy (non-hydrogen) atoms. The summed E-state index contributed by atoms with van der Waals surface area (Å²) in [6.45, 7) is 1.42. The highest BCUT2D eigenvalue weighted by molar-refractivity contribution is 9.10. The number of rotatable bonds is 5. The normalized spacial score (nSPS) is 10.8. The van der Waals surface area contributed by atoms with Gasteiger partial charge in [-0.1, -0.05) is 40.2 Å². The maximum absolute atomic E-state index is 12.3. The molecule has 2 aromatic carbocycles. The largest absolute Gasteiger partial charge is 0.457 e. The van der Waals surface area contributed by atoms with Gasteiger partial charge in [-0.05, 0) is 48.6 Å². The number of ketones is 1. The number of benzene rings is 2. The van der Waals surface area contributed by atoms with Gasteiger partial charge in [-0.15, -0.1) is 0 Å². The summed E-state index contributed by atoms with van der Waals surface area (Å²) < 4.78 is 6.76. The zero-order valence-corrected chi connectivity index (χ0v) is 15.6. The molecule has 0 aliphatic carbocycles. The van der Waals surface area contributed by atoms with Crippen LogP contribution in [0.3, 0.4) is 0 Å². The van der Waals surface area contributed by atoms with Crippen LogP contribution in [0.25, 0.3) is 17.4 Å². The van der Waals surface area contributed by atoms with Gasteiger partial charge in [0, 0.05) is 28.2 Å². The van der Waals surface area contributed by atoms with E-state index in [2.05, 4.69) is 21.2 Å². The van der Waals surface area contributed by atoms with Crippen molar-refractivity contribution in [3.05, 3.63) is 82.5 Å². The first-order valence-corrected chi connectivity index (χ1v) is 8.76. The second-order valence-electron chi connectivity index (χ2n) is 5.67. The molecular formula is C21H16BrNO3. The van der Waals surface area contributed by atoms with Crippen molar-refractivity contribution in [3.63, 3.8) is 0 Å². The van der Waals surface area contributed by atoms with Gasteiger partial charge in [0.1, 0.15) is 11.5 Å². The molecule has 3 rings (SSSR count). The molecule has 1 amide bonds. The van der Waals surface area contributed by atoms with E-state index in [1.54, 1.807) is 30.3 Å². The standard InChI is InChI=1S/C21H16BrNO3/c1-14(24)23-18-4-2-3-16(13-18)20(25)11-9-19-10-12-21(26-19)15-5-7-17(22)8-6-15/h2-13H,1H3,(H,23,24). The third kappa shape index (κ3) is 4.58. The summed E-state index contributed by atoms with van der Waals surface area (Å²) in [5.74, 6) is 0.978. The molecular weight excluding hydrogens is 394 g/mol. The van der Waals surface area contributed by atoms with E-state index in [4.69, 9.17) is 4.42 Å². The highest BCUT2D eigenvalue weighted by atomic mass is 79.9. The number of furan rings is 1. The fourth-order valence-electron chi connectivity index (χ4n) is 2.42. The van der Waals surface area contributed by atoms with Gasteiger partial charge in [0.25, 0.3) is 0 Å². The van der Waals surface area contributed by atoms with Gasteiger partial charge in [0.05, 0.1) is 0 Å². The van der Waals surface area contributed by atoms with E-state index in [1.165, 1.54) is 13.0 Å². The summed E-state index contributed by atoms with van der Waals surface area (Å²) in [6, 6.07) is 18.3. The number of halogens is 1. The number of allylic oxidation sites excluding steroid dienone is 1. The van der Waals surface area contributed by atoms with Crippen molar-refractivity contribution in [2.45, 2.75) is 6.92 Å². The molecule has 0 saturated carbocycles. The Morgan fingerprint density at radius 1 is 1.04 bits per heavy atom. The minimum atomic E-state index is -0.179. The predicted octanol–water partition coefficient (Wildman–Crippen LogP) is 5.56.